The number of nitrogens with one attached hydrogen (secondary N) is 1. The number of ether oxygens (including phenoxy) is 1. The number of amides is 1. The van der Waals surface area contributed by atoms with Crippen molar-refractivity contribution in [2.45, 2.75) is 26.8 Å². The van der Waals surface area contributed by atoms with Crippen LogP contribution in [-0.4, -0.2) is 30.3 Å². The molecule has 2 N–H and O–H groups in total. The van der Waals surface area contributed by atoms with E-state index in [1.807, 2.05) is 20.8 Å². The molecule has 0 bridgehead atoms. The Bertz CT molecular complexity index is 390. The molecule has 0 saturated carbocycles. The zero-order chi connectivity index (χ0) is 12.8. The maximum absolute atomic E-state index is 11.9. The number of phenolic OH excluding ortho intramolecular Hbond substituents is 1. The standard InChI is InChI=1S/C13H19NO3/c1-4-17-8-10(3)14-13(16)11-7-9(2)5-6-12(11)15/h5-7,10,15H,4,8H2,1-3H3,(H,14,16). The first-order chi connectivity index (χ1) is 8.04. The van der Waals surface area contributed by atoms with Crippen LogP contribution in [0.4, 0.5) is 0 Å². The highest BCUT2D eigenvalue weighted by molar-refractivity contribution is 5.97. The molecule has 1 rings (SSSR count). The van der Waals surface area contributed by atoms with Gasteiger partial charge in [0, 0.05) is 12.6 Å². The van der Waals surface area contributed by atoms with Gasteiger partial charge in [0.2, 0.25) is 0 Å². The molecule has 1 aromatic rings. The number of rotatable bonds is 5. The second kappa shape index (κ2) is 6.25. The van der Waals surface area contributed by atoms with Gasteiger partial charge >= 0.3 is 0 Å². The second-order valence-electron chi connectivity index (χ2n) is 4.05. The first kappa shape index (κ1) is 13.5. The van der Waals surface area contributed by atoms with Gasteiger partial charge in [-0.25, -0.2) is 0 Å². The molecule has 4 heteroatoms. The smallest absolute Gasteiger partial charge is 0.255 e. The van der Waals surface area contributed by atoms with E-state index in [1.165, 1.54) is 6.07 Å². The van der Waals surface area contributed by atoms with Crippen LogP contribution in [0.1, 0.15) is 29.8 Å². The van der Waals surface area contributed by atoms with Crippen molar-refractivity contribution in [3.8, 4) is 5.75 Å². The van der Waals surface area contributed by atoms with Gasteiger partial charge < -0.3 is 15.2 Å². The molecule has 0 radical (unpaired) electrons. The van der Waals surface area contributed by atoms with Crippen molar-refractivity contribution >= 4 is 5.91 Å². The van der Waals surface area contributed by atoms with Crippen LogP contribution >= 0.6 is 0 Å². The minimum atomic E-state index is -0.279. The number of carbonyl (C=O) groups excluding carboxylic acids is 1. The van der Waals surface area contributed by atoms with Gasteiger partial charge in [-0.05, 0) is 32.9 Å². The lowest BCUT2D eigenvalue weighted by atomic mass is 10.1. The normalized spacial score (nSPS) is 12.2. The summed E-state index contributed by atoms with van der Waals surface area (Å²) in [5.41, 5.74) is 1.23. The van der Waals surface area contributed by atoms with E-state index in [4.69, 9.17) is 4.74 Å². The van der Waals surface area contributed by atoms with Crippen molar-refractivity contribution in [2.75, 3.05) is 13.2 Å². The van der Waals surface area contributed by atoms with Crippen molar-refractivity contribution in [1.82, 2.24) is 5.32 Å². The predicted molar refractivity (Wildman–Crippen MR) is 66.3 cm³/mol. The van der Waals surface area contributed by atoms with E-state index >= 15 is 0 Å². The summed E-state index contributed by atoms with van der Waals surface area (Å²) in [6.45, 7) is 6.73. The fraction of sp³-hybridized carbons (Fsp3) is 0.462. The number of aromatic hydroxyl groups is 1. The molecule has 1 atom stereocenters. The molecule has 94 valence electrons. The molecule has 0 aliphatic carbocycles. The van der Waals surface area contributed by atoms with Crippen molar-refractivity contribution in [2.24, 2.45) is 0 Å². The summed E-state index contributed by atoms with van der Waals surface area (Å²) in [4.78, 5) is 11.9. The number of aryl methyl sites for hydroxylation is 1. The fourth-order valence-electron chi connectivity index (χ4n) is 1.47. The molecule has 1 unspecified atom stereocenters. The predicted octanol–water partition coefficient (Wildman–Crippen LogP) is 1.86. The Balaban J connectivity index is 2.66. The fourth-order valence-corrected chi connectivity index (χ4v) is 1.47. The molecule has 0 aromatic heterocycles. The Morgan fingerprint density at radius 3 is 2.88 bits per heavy atom. The zero-order valence-corrected chi connectivity index (χ0v) is 10.5. The van der Waals surface area contributed by atoms with Crippen LogP contribution in [-0.2, 0) is 4.74 Å². The number of benzene rings is 1. The molecule has 0 saturated heterocycles. The largest absolute Gasteiger partial charge is 0.507 e. The van der Waals surface area contributed by atoms with Crippen LogP contribution in [0.15, 0.2) is 18.2 Å². The minimum Gasteiger partial charge on any atom is -0.507 e. The van der Waals surface area contributed by atoms with E-state index in [0.29, 0.717) is 18.8 Å². The number of carbonyl (C=O) groups is 1. The highest BCUT2D eigenvalue weighted by Gasteiger charge is 2.13. The topological polar surface area (TPSA) is 58.6 Å². The molecular formula is C13H19NO3. The van der Waals surface area contributed by atoms with Gasteiger partial charge in [-0.15, -0.1) is 0 Å². The summed E-state index contributed by atoms with van der Waals surface area (Å²) in [6.07, 6.45) is 0. The number of phenols is 1. The van der Waals surface area contributed by atoms with Crippen molar-refractivity contribution in [3.05, 3.63) is 29.3 Å². The van der Waals surface area contributed by atoms with E-state index in [1.54, 1.807) is 12.1 Å². The van der Waals surface area contributed by atoms with Crippen LogP contribution in [0, 0.1) is 6.92 Å². The van der Waals surface area contributed by atoms with Crippen molar-refractivity contribution in [3.63, 3.8) is 0 Å². The third-order valence-electron chi connectivity index (χ3n) is 2.35. The Labute approximate surface area is 102 Å². The van der Waals surface area contributed by atoms with Gasteiger partial charge in [0.25, 0.3) is 5.91 Å². The Kier molecular flexibility index (Phi) is 4.97. The summed E-state index contributed by atoms with van der Waals surface area (Å²) in [5.74, 6) is -0.282. The average Bonchev–Trinajstić information content (AvgIpc) is 2.29. The van der Waals surface area contributed by atoms with Crippen LogP contribution in [0.2, 0.25) is 0 Å². The SMILES string of the molecule is CCOCC(C)NC(=O)c1cc(C)ccc1O. The van der Waals surface area contributed by atoms with E-state index in [0.717, 1.165) is 5.56 Å². The maximum Gasteiger partial charge on any atom is 0.255 e. The summed E-state index contributed by atoms with van der Waals surface area (Å²) >= 11 is 0. The number of hydrogen-bond acceptors (Lipinski definition) is 3. The van der Waals surface area contributed by atoms with Gasteiger partial charge in [0.15, 0.2) is 0 Å². The van der Waals surface area contributed by atoms with Crippen LogP contribution in [0.25, 0.3) is 0 Å². The highest BCUT2D eigenvalue weighted by atomic mass is 16.5. The summed E-state index contributed by atoms with van der Waals surface area (Å²) in [6, 6.07) is 4.87. The van der Waals surface area contributed by atoms with E-state index in [-0.39, 0.29) is 17.7 Å². The van der Waals surface area contributed by atoms with E-state index in [2.05, 4.69) is 5.32 Å². The lowest BCUT2D eigenvalue weighted by Crippen LogP contribution is -2.35. The Hall–Kier alpha value is -1.55. The molecule has 0 fully saturated rings. The lowest BCUT2D eigenvalue weighted by Gasteiger charge is -2.14. The summed E-state index contributed by atoms with van der Waals surface area (Å²) in [7, 11) is 0. The highest BCUT2D eigenvalue weighted by Crippen LogP contribution is 2.17. The van der Waals surface area contributed by atoms with Gasteiger partial charge in [0.1, 0.15) is 5.75 Å². The Morgan fingerprint density at radius 1 is 1.53 bits per heavy atom. The third kappa shape index (κ3) is 4.07. The molecule has 0 aliphatic heterocycles. The molecule has 4 nitrogen and oxygen atoms in total. The average molecular weight is 237 g/mol. The van der Waals surface area contributed by atoms with Crippen LogP contribution < -0.4 is 5.32 Å². The molecule has 0 heterocycles. The second-order valence-corrected chi connectivity index (χ2v) is 4.05. The van der Waals surface area contributed by atoms with Crippen LogP contribution in [0.3, 0.4) is 0 Å². The third-order valence-corrected chi connectivity index (χ3v) is 2.35. The van der Waals surface area contributed by atoms with Crippen molar-refractivity contribution in [1.29, 1.82) is 0 Å². The molecular weight excluding hydrogens is 218 g/mol. The summed E-state index contributed by atoms with van der Waals surface area (Å²) in [5, 5.41) is 12.4. The van der Waals surface area contributed by atoms with Gasteiger partial charge in [-0.3, -0.25) is 4.79 Å². The molecule has 0 aliphatic rings. The Morgan fingerprint density at radius 2 is 2.24 bits per heavy atom. The first-order valence-electron chi connectivity index (χ1n) is 5.72. The molecule has 17 heavy (non-hydrogen) atoms. The van der Waals surface area contributed by atoms with Crippen molar-refractivity contribution < 1.29 is 14.6 Å². The molecule has 1 aromatic carbocycles. The molecule has 1 amide bonds. The van der Waals surface area contributed by atoms with Gasteiger partial charge in [-0.2, -0.15) is 0 Å². The number of hydrogen-bond donors (Lipinski definition) is 2. The monoisotopic (exact) mass is 237 g/mol. The van der Waals surface area contributed by atoms with E-state index in [9.17, 15) is 9.90 Å². The minimum absolute atomic E-state index is 0.00305. The van der Waals surface area contributed by atoms with E-state index < -0.39 is 0 Å². The summed E-state index contributed by atoms with van der Waals surface area (Å²) < 4.78 is 5.21. The first-order valence-corrected chi connectivity index (χ1v) is 5.72. The lowest BCUT2D eigenvalue weighted by molar-refractivity contribution is 0.0869. The maximum atomic E-state index is 11.9. The van der Waals surface area contributed by atoms with Gasteiger partial charge in [-0.1, -0.05) is 11.6 Å². The van der Waals surface area contributed by atoms with Crippen LogP contribution in [0.5, 0.6) is 5.75 Å². The zero-order valence-electron chi connectivity index (χ0n) is 10.5. The van der Waals surface area contributed by atoms with Gasteiger partial charge in [0.05, 0.1) is 12.2 Å². The quantitative estimate of drug-likeness (QED) is 0.821. The molecule has 0 spiro atoms.